The number of likely N-dealkylation sites (tertiary alicyclic amines) is 1. The Labute approximate surface area is 128 Å². The second-order valence-electron chi connectivity index (χ2n) is 5.27. The summed E-state index contributed by atoms with van der Waals surface area (Å²) in [6, 6.07) is 7.91. The van der Waals surface area contributed by atoms with E-state index in [-0.39, 0.29) is 6.54 Å². The van der Waals surface area contributed by atoms with Gasteiger partial charge in [-0.2, -0.15) is 0 Å². The van der Waals surface area contributed by atoms with Crippen LogP contribution in [0.25, 0.3) is 0 Å². The van der Waals surface area contributed by atoms with Crippen molar-refractivity contribution in [2.24, 2.45) is 5.73 Å². The molecule has 0 spiro atoms. The summed E-state index contributed by atoms with van der Waals surface area (Å²) in [6.45, 7) is -0.246. The van der Waals surface area contributed by atoms with E-state index in [0.29, 0.717) is 6.42 Å². The molecule has 2 rings (SSSR count). The van der Waals surface area contributed by atoms with Crippen LogP contribution in [0.2, 0.25) is 0 Å². The number of nitrogens with zero attached hydrogens (tertiary/aromatic N) is 1. The van der Waals surface area contributed by atoms with Crippen LogP contribution in [0.15, 0.2) is 30.3 Å². The molecule has 1 radical (unpaired) electrons. The summed E-state index contributed by atoms with van der Waals surface area (Å²) < 4.78 is 0. The molecule has 1 saturated heterocycles. The summed E-state index contributed by atoms with van der Waals surface area (Å²) >= 11 is 0. The number of carbonyl (C=O) groups excluding carboxylic acids is 2. The average Bonchev–Trinajstić information content (AvgIpc) is 2.80. The third-order valence-electron chi connectivity index (χ3n) is 3.68. The van der Waals surface area contributed by atoms with E-state index >= 15 is 0 Å². The van der Waals surface area contributed by atoms with Gasteiger partial charge >= 0.3 is 0 Å². The van der Waals surface area contributed by atoms with Crippen molar-refractivity contribution in [3.8, 4) is 0 Å². The minimum absolute atomic E-state index is 0.246. The van der Waals surface area contributed by atoms with Crippen LogP contribution in [0.1, 0.15) is 5.56 Å². The maximum atomic E-state index is 12.2. The van der Waals surface area contributed by atoms with Gasteiger partial charge in [-0.3, -0.25) is 9.59 Å². The predicted molar refractivity (Wildman–Crippen MR) is 77.2 cm³/mol. The number of primary amides is 1. The molecule has 2 amide bonds. The van der Waals surface area contributed by atoms with Gasteiger partial charge in [-0.05, 0) is 12.0 Å². The highest BCUT2D eigenvalue weighted by atomic mass is 16.3. The number of rotatable bonds is 5. The van der Waals surface area contributed by atoms with Gasteiger partial charge in [-0.1, -0.05) is 30.3 Å². The Morgan fingerprint density at radius 2 is 1.95 bits per heavy atom. The number of benzene rings is 1. The van der Waals surface area contributed by atoms with Crippen LogP contribution < -0.4 is 5.73 Å². The third kappa shape index (κ3) is 3.44. The van der Waals surface area contributed by atoms with Gasteiger partial charge in [0.1, 0.15) is 18.2 Å². The molecule has 7 nitrogen and oxygen atoms in total. The van der Waals surface area contributed by atoms with Gasteiger partial charge in [0.15, 0.2) is 0 Å². The van der Waals surface area contributed by atoms with Gasteiger partial charge < -0.3 is 26.0 Å². The van der Waals surface area contributed by atoms with E-state index in [9.17, 15) is 24.9 Å². The first-order chi connectivity index (χ1) is 10.4. The van der Waals surface area contributed by atoms with Crippen LogP contribution in [0.4, 0.5) is 0 Å². The molecule has 1 aromatic carbocycles. The van der Waals surface area contributed by atoms with Gasteiger partial charge in [0, 0.05) is 6.42 Å². The molecule has 0 saturated carbocycles. The summed E-state index contributed by atoms with van der Waals surface area (Å²) in [5.41, 5.74) is 6.07. The highest BCUT2D eigenvalue weighted by molar-refractivity contribution is 5.90. The highest BCUT2D eigenvalue weighted by Crippen LogP contribution is 2.20. The molecule has 0 aromatic heterocycles. The Kier molecular flexibility index (Phi) is 5.12. The summed E-state index contributed by atoms with van der Waals surface area (Å²) in [6.07, 6.45) is -2.38. The van der Waals surface area contributed by atoms with E-state index in [1.54, 1.807) is 0 Å². The number of nitrogens with two attached hydrogens (primary N) is 1. The lowest BCUT2D eigenvalue weighted by molar-refractivity contribution is -0.144. The molecule has 0 bridgehead atoms. The molecule has 119 valence electrons. The van der Waals surface area contributed by atoms with Crippen LogP contribution in [0.5, 0.6) is 0 Å². The predicted octanol–water partition coefficient (Wildman–Crippen LogP) is -1.79. The van der Waals surface area contributed by atoms with E-state index in [1.807, 2.05) is 30.3 Å². The van der Waals surface area contributed by atoms with E-state index < -0.39 is 36.2 Å². The van der Waals surface area contributed by atoms with Gasteiger partial charge in [0.25, 0.3) is 5.91 Å². The lowest BCUT2D eigenvalue weighted by Crippen LogP contribution is -2.51. The highest BCUT2D eigenvalue weighted by Gasteiger charge is 2.46. The van der Waals surface area contributed by atoms with Gasteiger partial charge in [0.05, 0.1) is 12.6 Å². The van der Waals surface area contributed by atoms with Crippen molar-refractivity contribution >= 4 is 11.8 Å². The Bertz CT molecular complexity index is 536. The molecular formula is C15H19N2O5. The first-order valence-electron chi connectivity index (χ1n) is 6.93. The maximum Gasteiger partial charge on any atom is 0.252 e. The molecule has 0 aliphatic carbocycles. The Morgan fingerprint density at radius 3 is 2.55 bits per heavy atom. The van der Waals surface area contributed by atoms with Crippen molar-refractivity contribution in [2.45, 2.75) is 30.8 Å². The van der Waals surface area contributed by atoms with Crippen LogP contribution in [-0.2, 0) is 16.0 Å². The molecular weight excluding hydrogens is 288 g/mol. The van der Waals surface area contributed by atoms with E-state index in [4.69, 9.17) is 5.73 Å². The Morgan fingerprint density at radius 1 is 1.32 bits per heavy atom. The molecule has 4 atom stereocenters. The molecule has 1 fully saturated rings. The fourth-order valence-electron chi connectivity index (χ4n) is 2.50. The molecule has 1 heterocycles. The van der Waals surface area contributed by atoms with Gasteiger partial charge in [-0.15, -0.1) is 0 Å². The molecule has 1 aliphatic rings. The van der Waals surface area contributed by atoms with Crippen LogP contribution in [0.3, 0.4) is 0 Å². The van der Waals surface area contributed by atoms with Gasteiger partial charge in [0.2, 0.25) is 5.91 Å². The topological polar surface area (TPSA) is 124 Å². The number of amides is 2. The normalized spacial score (nSPS) is 26.0. The van der Waals surface area contributed by atoms with Crippen LogP contribution in [-0.4, -0.2) is 62.9 Å². The van der Waals surface area contributed by atoms with Crippen LogP contribution in [0, 0.1) is 6.42 Å². The number of aliphatic hydroxyl groups excluding tert-OH is 3. The number of carbonyl (C=O) groups is 2. The molecule has 1 aromatic rings. The fraction of sp³-hybridized carbons (Fsp3) is 0.400. The van der Waals surface area contributed by atoms with Crippen molar-refractivity contribution in [3.05, 3.63) is 42.3 Å². The van der Waals surface area contributed by atoms with Gasteiger partial charge in [-0.25, -0.2) is 0 Å². The number of aliphatic hydroxyl groups is 3. The van der Waals surface area contributed by atoms with Crippen molar-refractivity contribution in [3.63, 3.8) is 0 Å². The van der Waals surface area contributed by atoms with Crippen molar-refractivity contribution in [1.82, 2.24) is 4.90 Å². The lowest BCUT2D eigenvalue weighted by atomic mass is 10.1. The first-order valence-corrected chi connectivity index (χ1v) is 6.93. The quantitative estimate of drug-likeness (QED) is 0.511. The molecule has 22 heavy (non-hydrogen) atoms. The average molecular weight is 307 g/mol. The largest absolute Gasteiger partial charge is 0.388 e. The SMILES string of the molecule is NC(=O)C1[C@@H](O)[C@H](O)CN1C(=O)[C@H](O)[CH]Cc1ccccc1. The Balaban J connectivity index is 1.99. The standard InChI is InChI=1S/C15H19N2O5/c16-14(21)12-13(20)11(19)8-17(12)15(22)10(18)7-6-9-4-2-1-3-5-9/h1-5,7,10-13,18-20H,6,8H2,(H2,16,21)/t10-,11-,12?,13+/m1/s1. The lowest BCUT2D eigenvalue weighted by Gasteiger charge is -2.25. The molecule has 7 heteroatoms. The maximum absolute atomic E-state index is 12.2. The smallest absolute Gasteiger partial charge is 0.252 e. The summed E-state index contributed by atoms with van der Waals surface area (Å²) in [4.78, 5) is 24.4. The molecule has 1 unspecified atom stereocenters. The summed E-state index contributed by atoms with van der Waals surface area (Å²) in [5.74, 6) is -1.69. The summed E-state index contributed by atoms with van der Waals surface area (Å²) in [5, 5.41) is 29.2. The monoisotopic (exact) mass is 307 g/mol. The Hall–Kier alpha value is -1.96. The third-order valence-corrected chi connectivity index (χ3v) is 3.68. The van der Waals surface area contributed by atoms with E-state index in [0.717, 1.165) is 10.5 Å². The number of hydrogen-bond acceptors (Lipinski definition) is 5. The zero-order valence-electron chi connectivity index (χ0n) is 11.9. The fourth-order valence-corrected chi connectivity index (χ4v) is 2.50. The minimum atomic E-state index is -1.44. The zero-order chi connectivity index (χ0) is 16.3. The van der Waals surface area contributed by atoms with Crippen molar-refractivity contribution in [1.29, 1.82) is 0 Å². The van der Waals surface area contributed by atoms with Crippen LogP contribution >= 0.6 is 0 Å². The van der Waals surface area contributed by atoms with E-state index in [2.05, 4.69) is 0 Å². The number of β-amino-alcohol motifs (C(OH)–C–C–N with tert-alkyl or cyclic N) is 1. The zero-order valence-corrected chi connectivity index (χ0v) is 11.9. The van der Waals surface area contributed by atoms with E-state index in [1.165, 1.54) is 6.42 Å². The van der Waals surface area contributed by atoms with Crippen molar-refractivity contribution < 1.29 is 24.9 Å². The van der Waals surface area contributed by atoms with Crippen molar-refractivity contribution in [2.75, 3.05) is 6.54 Å². The second kappa shape index (κ2) is 6.87. The minimum Gasteiger partial charge on any atom is -0.388 e. The second-order valence-corrected chi connectivity index (χ2v) is 5.27. The summed E-state index contributed by atoms with van der Waals surface area (Å²) in [7, 11) is 0. The molecule has 1 aliphatic heterocycles. The number of hydrogen-bond donors (Lipinski definition) is 4. The first kappa shape index (κ1) is 16.4. The molecule has 5 N–H and O–H groups in total.